The van der Waals surface area contributed by atoms with Crippen LogP contribution in [0.25, 0.3) is 0 Å². The average Bonchev–Trinajstić information content (AvgIpc) is 3.08. The summed E-state index contributed by atoms with van der Waals surface area (Å²) in [5.41, 5.74) is 12.2. The van der Waals surface area contributed by atoms with Gasteiger partial charge in [0.05, 0.1) is 0 Å². The standard InChI is InChI=1S/C18H20N2/c19-13-18(9-14-5-1-2-6-15(14)10-18)20-11-16-7-3-4-8-17(16)12-20/h1-8H,9-13,19H2. The third-order valence-corrected chi connectivity index (χ3v) is 5.05. The Balaban J connectivity index is 1.66. The van der Waals surface area contributed by atoms with Crippen molar-refractivity contribution in [2.45, 2.75) is 31.5 Å². The lowest BCUT2D eigenvalue weighted by Gasteiger charge is -2.37. The van der Waals surface area contributed by atoms with Crippen LogP contribution < -0.4 is 5.73 Å². The van der Waals surface area contributed by atoms with Crippen LogP contribution in [0.3, 0.4) is 0 Å². The van der Waals surface area contributed by atoms with Crippen LogP contribution in [0.15, 0.2) is 48.5 Å². The van der Waals surface area contributed by atoms with Gasteiger partial charge in [0.1, 0.15) is 0 Å². The van der Waals surface area contributed by atoms with Crippen molar-refractivity contribution in [2.24, 2.45) is 5.73 Å². The first-order chi connectivity index (χ1) is 9.81. The highest BCUT2D eigenvalue weighted by Gasteiger charge is 2.42. The van der Waals surface area contributed by atoms with E-state index in [2.05, 4.69) is 53.4 Å². The maximum Gasteiger partial charge on any atom is 0.0419 e. The van der Waals surface area contributed by atoms with Crippen molar-refractivity contribution in [3.8, 4) is 0 Å². The SMILES string of the molecule is NCC1(N2Cc3ccccc3C2)Cc2ccccc2C1. The van der Waals surface area contributed by atoms with E-state index in [0.717, 1.165) is 32.5 Å². The van der Waals surface area contributed by atoms with Gasteiger partial charge in [0, 0.05) is 25.2 Å². The second kappa shape index (κ2) is 4.44. The highest BCUT2D eigenvalue weighted by Crippen LogP contribution is 2.38. The molecule has 2 aromatic rings. The Hall–Kier alpha value is -1.64. The molecule has 2 aromatic carbocycles. The summed E-state index contributed by atoms with van der Waals surface area (Å²) in [4.78, 5) is 2.59. The number of rotatable bonds is 2. The van der Waals surface area contributed by atoms with E-state index < -0.39 is 0 Å². The van der Waals surface area contributed by atoms with Gasteiger partial charge in [-0.1, -0.05) is 48.5 Å². The lowest BCUT2D eigenvalue weighted by molar-refractivity contribution is 0.100. The third kappa shape index (κ3) is 1.72. The molecule has 0 atom stereocenters. The molecule has 1 aliphatic carbocycles. The zero-order chi connectivity index (χ0) is 13.6. The Morgan fingerprint density at radius 2 is 1.25 bits per heavy atom. The molecule has 1 heterocycles. The first kappa shape index (κ1) is 12.1. The van der Waals surface area contributed by atoms with Crippen molar-refractivity contribution < 1.29 is 0 Å². The summed E-state index contributed by atoms with van der Waals surface area (Å²) in [6, 6.07) is 17.6. The van der Waals surface area contributed by atoms with Gasteiger partial charge in [-0.3, -0.25) is 4.90 Å². The van der Waals surface area contributed by atoms with E-state index in [4.69, 9.17) is 5.73 Å². The lowest BCUT2D eigenvalue weighted by Crippen LogP contribution is -2.52. The quantitative estimate of drug-likeness (QED) is 0.903. The monoisotopic (exact) mass is 264 g/mol. The number of nitrogens with two attached hydrogens (primary N) is 1. The zero-order valence-electron chi connectivity index (χ0n) is 11.7. The maximum atomic E-state index is 6.22. The predicted octanol–water partition coefficient (Wildman–Crippen LogP) is 2.50. The van der Waals surface area contributed by atoms with E-state index in [9.17, 15) is 0 Å². The molecule has 0 saturated heterocycles. The van der Waals surface area contributed by atoms with Crippen LogP contribution in [-0.4, -0.2) is 17.0 Å². The smallest absolute Gasteiger partial charge is 0.0419 e. The molecule has 2 heteroatoms. The van der Waals surface area contributed by atoms with Crippen LogP contribution in [0.1, 0.15) is 22.3 Å². The number of nitrogens with zero attached hydrogens (tertiary/aromatic N) is 1. The van der Waals surface area contributed by atoms with Crippen LogP contribution in [0.5, 0.6) is 0 Å². The van der Waals surface area contributed by atoms with E-state index in [0.29, 0.717) is 0 Å². The van der Waals surface area contributed by atoms with E-state index in [1.54, 1.807) is 0 Å². The first-order valence-electron chi connectivity index (χ1n) is 7.39. The van der Waals surface area contributed by atoms with Gasteiger partial charge >= 0.3 is 0 Å². The molecular formula is C18H20N2. The minimum absolute atomic E-state index is 0.114. The molecule has 0 saturated carbocycles. The van der Waals surface area contributed by atoms with Crippen LogP contribution in [-0.2, 0) is 25.9 Å². The molecule has 2 nitrogen and oxygen atoms in total. The Morgan fingerprint density at radius 3 is 1.70 bits per heavy atom. The topological polar surface area (TPSA) is 29.3 Å². The molecule has 0 aromatic heterocycles. The average molecular weight is 264 g/mol. The molecule has 1 aliphatic heterocycles. The molecule has 2 aliphatic rings. The number of hydrogen-bond donors (Lipinski definition) is 1. The van der Waals surface area contributed by atoms with Gasteiger partial charge in [0.25, 0.3) is 0 Å². The van der Waals surface area contributed by atoms with Crippen molar-refractivity contribution in [1.29, 1.82) is 0 Å². The lowest BCUT2D eigenvalue weighted by atomic mass is 9.93. The van der Waals surface area contributed by atoms with Gasteiger partial charge in [0.15, 0.2) is 0 Å². The second-order valence-electron chi connectivity index (χ2n) is 6.18. The first-order valence-corrected chi connectivity index (χ1v) is 7.39. The second-order valence-corrected chi connectivity index (χ2v) is 6.18. The summed E-state index contributed by atoms with van der Waals surface area (Å²) >= 11 is 0. The molecule has 0 radical (unpaired) electrons. The molecule has 0 fully saturated rings. The number of benzene rings is 2. The fourth-order valence-electron chi connectivity index (χ4n) is 3.84. The van der Waals surface area contributed by atoms with Gasteiger partial charge in [-0.25, -0.2) is 0 Å². The van der Waals surface area contributed by atoms with Crippen molar-refractivity contribution in [3.05, 3.63) is 70.8 Å². The summed E-state index contributed by atoms with van der Waals surface area (Å²) in [5, 5.41) is 0. The summed E-state index contributed by atoms with van der Waals surface area (Å²) in [6.07, 6.45) is 2.18. The predicted molar refractivity (Wildman–Crippen MR) is 81.3 cm³/mol. The van der Waals surface area contributed by atoms with Crippen LogP contribution in [0.4, 0.5) is 0 Å². The van der Waals surface area contributed by atoms with Crippen LogP contribution in [0, 0.1) is 0 Å². The molecule has 0 amide bonds. The Morgan fingerprint density at radius 1 is 0.800 bits per heavy atom. The molecule has 20 heavy (non-hydrogen) atoms. The minimum Gasteiger partial charge on any atom is -0.329 e. The zero-order valence-corrected chi connectivity index (χ0v) is 11.7. The summed E-state index contributed by atoms with van der Waals surface area (Å²) in [5.74, 6) is 0. The van der Waals surface area contributed by atoms with E-state index in [-0.39, 0.29) is 5.54 Å². The fourth-order valence-corrected chi connectivity index (χ4v) is 3.84. The van der Waals surface area contributed by atoms with Crippen molar-refractivity contribution in [1.82, 2.24) is 4.90 Å². The fraction of sp³-hybridized carbons (Fsp3) is 0.333. The van der Waals surface area contributed by atoms with Gasteiger partial charge in [-0.15, -0.1) is 0 Å². The maximum absolute atomic E-state index is 6.22. The third-order valence-electron chi connectivity index (χ3n) is 5.05. The number of fused-ring (bicyclic) bond motifs is 2. The summed E-state index contributed by atoms with van der Waals surface area (Å²) in [6.45, 7) is 2.82. The molecule has 0 spiro atoms. The van der Waals surface area contributed by atoms with E-state index >= 15 is 0 Å². The van der Waals surface area contributed by atoms with Gasteiger partial charge in [0.2, 0.25) is 0 Å². The van der Waals surface area contributed by atoms with Gasteiger partial charge < -0.3 is 5.73 Å². The Bertz CT molecular complexity index is 597. The Labute approximate surface area is 120 Å². The largest absolute Gasteiger partial charge is 0.329 e. The molecular weight excluding hydrogens is 244 g/mol. The van der Waals surface area contributed by atoms with Gasteiger partial charge in [-0.05, 0) is 35.1 Å². The highest BCUT2D eigenvalue weighted by molar-refractivity contribution is 5.38. The Kier molecular flexibility index (Phi) is 2.69. The van der Waals surface area contributed by atoms with Crippen molar-refractivity contribution in [2.75, 3.05) is 6.54 Å². The minimum atomic E-state index is 0.114. The number of hydrogen-bond acceptors (Lipinski definition) is 2. The summed E-state index contributed by atoms with van der Waals surface area (Å²) in [7, 11) is 0. The van der Waals surface area contributed by atoms with E-state index in [1.807, 2.05) is 0 Å². The van der Waals surface area contributed by atoms with Crippen molar-refractivity contribution in [3.63, 3.8) is 0 Å². The molecule has 0 bridgehead atoms. The van der Waals surface area contributed by atoms with Crippen LogP contribution >= 0.6 is 0 Å². The summed E-state index contributed by atoms with van der Waals surface area (Å²) < 4.78 is 0. The van der Waals surface area contributed by atoms with Gasteiger partial charge in [-0.2, -0.15) is 0 Å². The van der Waals surface area contributed by atoms with E-state index in [1.165, 1.54) is 22.3 Å². The van der Waals surface area contributed by atoms with Crippen molar-refractivity contribution >= 4 is 0 Å². The highest BCUT2D eigenvalue weighted by atomic mass is 15.2. The van der Waals surface area contributed by atoms with Crippen LogP contribution in [0.2, 0.25) is 0 Å². The molecule has 2 N–H and O–H groups in total. The molecule has 4 rings (SSSR count). The normalized spacial score (nSPS) is 19.9. The molecule has 0 unspecified atom stereocenters. The molecule has 102 valence electrons.